The SMILES string of the molecule is CCOC(=O)C(CSCC(O)CBr)NC(=O)OC(C)(C)C. The highest BCUT2D eigenvalue weighted by Gasteiger charge is 2.25. The minimum Gasteiger partial charge on any atom is -0.464 e. The van der Waals surface area contributed by atoms with Crippen LogP contribution in [0.4, 0.5) is 4.79 Å². The maximum absolute atomic E-state index is 11.8. The summed E-state index contributed by atoms with van der Waals surface area (Å²) in [6, 6.07) is -0.799. The van der Waals surface area contributed by atoms with E-state index in [2.05, 4.69) is 21.2 Å². The Hall–Kier alpha value is -0.470. The fourth-order valence-corrected chi connectivity index (χ4v) is 2.74. The number of aliphatic hydroxyl groups excluding tert-OH is 1. The summed E-state index contributed by atoms with van der Waals surface area (Å²) in [5.41, 5.74) is -0.636. The highest BCUT2D eigenvalue weighted by Crippen LogP contribution is 2.10. The number of carbonyl (C=O) groups is 2. The second-order valence-corrected chi connectivity index (χ2v) is 7.02. The van der Waals surface area contributed by atoms with Crippen molar-refractivity contribution < 1.29 is 24.2 Å². The van der Waals surface area contributed by atoms with Crippen molar-refractivity contribution in [2.45, 2.75) is 45.4 Å². The third-order valence-corrected chi connectivity index (χ3v) is 3.97. The Kier molecular flexibility index (Phi) is 10.1. The summed E-state index contributed by atoms with van der Waals surface area (Å²) in [5.74, 6) is 0.253. The molecule has 0 rings (SSSR count). The van der Waals surface area contributed by atoms with Gasteiger partial charge in [0.15, 0.2) is 0 Å². The molecule has 0 fully saturated rings. The number of hydrogen-bond donors (Lipinski definition) is 2. The lowest BCUT2D eigenvalue weighted by Crippen LogP contribution is -2.46. The number of esters is 1. The van der Waals surface area contributed by atoms with Crippen LogP contribution in [0.3, 0.4) is 0 Å². The average Bonchev–Trinajstić information content (AvgIpc) is 2.35. The number of alkyl carbamates (subject to hydrolysis) is 1. The highest BCUT2D eigenvalue weighted by molar-refractivity contribution is 9.09. The Balaban J connectivity index is 4.45. The van der Waals surface area contributed by atoms with Crippen molar-refractivity contribution in [1.29, 1.82) is 0 Å². The van der Waals surface area contributed by atoms with Gasteiger partial charge in [-0.3, -0.25) is 0 Å². The van der Waals surface area contributed by atoms with Crippen LogP contribution in [0.1, 0.15) is 27.7 Å². The number of ether oxygens (including phenoxy) is 2. The quantitative estimate of drug-likeness (QED) is 0.490. The number of carbonyl (C=O) groups excluding carboxylic acids is 2. The summed E-state index contributed by atoms with van der Waals surface area (Å²) >= 11 is 4.52. The van der Waals surface area contributed by atoms with Gasteiger partial charge in [0.2, 0.25) is 0 Å². The standard InChI is InChI=1S/C13H24BrNO5S/c1-5-19-11(17)10(8-21-7-9(16)6-14)15-12(18)20-13(2,3)4/h9-10,16H,5-8H2,1-4H3,(H,15,18). The number of aliphatic hydroxyl groups is 1. The molecule has 0 saturated carbocycles. The van der Waals surface area contributed by atoms with Gasteiger partial charge in [0.25, 0.3) is 0 Å². The zero-order valence-corrected chi connectivity index (χ0v) is 15.3. The lowest BCUT2D eigenvalue weighted by molar-refractivity contribution is -0.145. The van der Waals surface area contributed by atoms with Gasteiger partial charge in [0.1, 0.15) is 11.6 Å². The number of thioether (sulfide) groups is 1. The van der Waals surface area contributed by atoms with Gasteiger partial charge >= 0.3 is 12.1 Å². The van der Waals surface area contributed by atoms with Crippen LogP contribution < -0.4 is 5.32 Å². The van der Waals surface area contributed by atoms with Crippen molar-refractivity contribution >= 4 is 39.8 Å². The molecule has 8 heteroatoms. The first-order chi connectivity index (χ1) is 9.69. The number of alkyl halides is 1. The maximum atomic E-state index is 11.8. The van der Waals surface area contributed by atoms with E-state index in [-0.39, 0.29) is 6.61 Å². The average molecular weight is 386 g/mol. The zero-order chi connectivity index (χ0) is 16.5. The predicted octanol–water partition coefficient (Wildman–Crippen LogP) is 1.93. The molecule has 0 radical (unpaired) electrons. The van der Waals surface area contributed by atoms with Gasteiger partial charge in [0, 0.05) is 16.8 Å². The molecule has 21 heavy (non-hydrogen) atoms. The molecule has 2 N–H and O–H groups in total. The fourth-order valence-electron chi connectivity index (χ4n) is 1.23. The zero-order valence-electron chi connectivity index (χ0n) is 12.8. The molecule has 2 unspecified atom stereocenters. The maximum Gasteiger partial charge on any atom is 0.408 e. The summed E-state index contributed by atoms with van der Waals surface area (Å²) in [6.45, 7) is 7.16. The number of halogens is 1. The lowest BCUT2D eigenvalue weighted by Gasteiger charge is -2.22. The summed E-state index contributed by atoms with van der Waals surface area (Å²) in [5, 5.41) is 12.4. The number of amides is 1. The molecule has 1 amide bonds. The van der Waals surface area contributed by atoms with E-state index in [4.69, 9.17) is 9.47 Å². The van der Waals surface area contributed by atoms with Crippen LogP contribution in [0.2, 0.25) is 0 Å². The van der Waals surface area contributed by atoms with Crippen molar-refractivity contribution in [1.82, 2.24) is 5.32 Å². The molecule has 124 valence electrons. The molecule has 0 aromatic carbocycles. The topological polar surface area (TPSA) is 84.9 Å². The third kappa shape index (κ3) is 10.8. The van der Waals surface area contributed by atoms with E-state index in [9.17, 15) is 14.7 Å². The van der Waals surface area contributed by atoms with Crippen molar-refractivity contribution in [3.05, 3.63) is 0 Å². The van der Waals surface area contributed by atoms with E-state index in [1.165, 1.54) is 11.8 Å². The summed E-state index contributed by atoms with van der Waals surface area (Å²) in [7, 11) is 0. The van der Waals surface area contributed by atoms with Crippen molar-refractivity contribution in [2.75, 3.05) is 23.4 Å². The van der Waals surface area contributed by atoms with Gasteiger partial charge in [-0.2, -0.15) is 11.8 Å². The third-order valence-electron chi connectivity index (χ3n) is 2.03. The lowest BCUT2D eigenvalue weighted by atomic mass is 10.2. The Bertz CT molecular complexity index is 335. The van der Waals surface area contributed by atoms with Crippen LogP contribution in [-0.2, 0) is 14.3 Å². The molecule has 0 aliphatic rings. The van der Waals surface area contributed by atoms with Crippen LogP contribution in [0.15, 0.2) is 0 Å². The molecule has 0 heterocycles. The van der Waals surface area contributed by atoms with Gasteiger partial charge in [-0.15, -0.1) is 0 Å². The van der Waals surface area contributed by atoms with Crippen molar-refractivity contribution in [2.24, 2.45) is 0 Å². The summed E-state index contributed by atoms with van der Waals surface area (Å²) < 4.78 is 10.0. The first-order valence-corrected chi connectivity index (χ1v) is 8.95. The van der Waals surface area contributed by atoms with Crippen LogP contribution in [-0.4, -0.2) is 58.4 Å². The molecule has 0 aromatic heterocycles. The van der Waals surface area contributed by atoms with Crippen molar-refractivity contribution in [3.8, 4) is 0 Å². The summed E-state index contributed by atoms with van der Waals surface area (Å²) in [4.78, 5) is 23.5. The van der Waals surface area contributed by atoms with E-state index >= 15 is 0 Å². The van der Waals surface area contributed by atoms with Gasteiger partial charge < -0.3 is 19.9 Å². The number of hydrogen-bond acceptors (Lipinski definition) is 6. The molecular weight excluding hydrogens is 362 g/mol. The van der Waals surface area contributed by atoms with Crippen LogP contribution in [0, 0.1) is 0 Å². The van der Waals surface area contributed by atoms with E-state index < -0.39 is 29.8 Å². The molecule has 0 aliphatic heterocycles. The van der Waals surface area contributed by atoms with Gasteiger partial charge in [-0.05, 0) is 27.7 Å². The van der Waals surface area contributed by atoms with E-state index in [1.807, 2.05) is 0 Å². The van der Waals surface area contributed by atoms with Crippen molar-refractivity contribution in [3.63, 3.8) is 0 Å². The molecule has 6 nitrogen and oxygen atoms in total. The van der Waals surface area contributed by atoms with Gasteiger partial charge in [-0.25, -0.2) is 9.59 Å². The van der Waals surface area contributed by atoms with E-state index in [1.54, 1.807) is 27.7 Å². The minimum absolute atomic E-state index is 0.236. The van der Waals surface area contributed by atoms with E-state index in [0.29, 0.717) is 16.8 Å². The molecule has 0 aromatic rings. The second-order valence-electron chi connectivity index (χ2n) is 5.30. The normalized spacial score (nSPS) is 14.2. The monoisotopic (exact) mass is 385 g/mol. The van der Waals surface area contributed by atoms with Crippen LogP contribution >= 0.6 is 27.7 Å². The largest absolute Gasteiger partial charge is 0.464 e. The number of nitrogens with one attached hydrogen (secondary N) is 1. The van der Waals surface area contributed by atoms with E-state index in [0.717, 1.165) is 0 Å². The Morgan fingerprint density at radius 2 is 1.95 bits per heavy atom. The Morgan fingerprint density at radius 3 is 2.43 bits per heavy atom. The molecule has 0 saturated heterocycles. The molecular formula is C13H24BrNO5S. The van der Waals surface area contributed by atoms with Crippen LogP contribution in [0.5, 0.6) is 0 Å². The number of rotatable bonds is 8. The smallest absolute Gasteiger partial charge is 0.408 e. The van der Waals surface area contributed by atoms with Gasteiger partial charge in [0.05, 0.1) is 12.7 Å². The summed E-state index contributed by atoms with van der Waals surface area (Å²) in [6.07, 6.45) is -1.17. The molecule has 0 aliphatic carbocycles. The fraction of sp³-hybridized carbons (Fsp3) is 0.846. The predicted molar refractivity (Wildman–Crippen MR) is 86.9 cm³/mol. The minimum atomic E-state index is -0.799. The highest BCUT2D eigenvalue weighted by atomic mass is 79.9. The van der Waals surface area contributed by atoms with Gasteiger partial charge in [-0.1, -0.05) is 15.9 Å². The molecule has 0 bridgehead atoms. The Labute approximate surface area is 138 Å². The first kappa shape index (κ1) is 20.5. The Morgan fingerprint density at radius 1 is 1.33 bits per heavy atom. The second kappa shape index (κ2) is 10.3. The molecule has 2 atom stereocenters. The first-order valence-electron chi connectivity index (χ1n) is 6.67. The van der Waals surface area contributed by atoms with Crippen LogP contribution in [0.25, 0.3) is 0 Å². The molecule has 0 spiro atoms.